The van der Waals surface area contributed by atoms with Crippen LogP contribution >= 0.6 is 0 Å². The van der Waals surface area contributed by atoms with Crippen molar-refractivity contribution in [3.8, 4) is 0 Å². The number of carboxylic acids is 1. The molecule has 1 saturated carbocycles. The van der Waals surface area contributed by atoms with Crippen molar-refractivity contribution in [3.63, 3.8) is 0 Å². The van der Waals surface area contributed by atoms with Gasteiger partial charge in [-0.3, -0.25) is 9.69 Å². The Balaban J connectivity index is 1.36. The molecule has 3 N–H and O–H groups in total. The zero-order valence-corrected chi connectivity index (χ0v) is 16.1. The fraction of sp³-hybridized carbons (Fsp3) is 0.600. The molecule has 7 heteroatoms. The molecule has 0 bridgehead atoms. The van der Waals surface area contributed by atoms with Gasteiger partial charge in [-0.05, 0) is 44.4 Å². The van der Waals surface area contributed by atoms with E-state index in [2.05, 4.69) is 46.7 Å². The highest BCUT2D eigenvalue weighted by molar-refractivity contribution is 5.74. The number of nitrogens with zero attached hydrogens (tertiary/aromatic N) is 2. The minimum Gasteiger partial charge on any atom is -0.480 e. The van der Waals surface area contributed by atoms with E-state index in [4.69, 9.17) is 5.11 Å². The van der Waals surface area contributed by atoms with Crippen LogP contribution in [0.25, 0.3) is 0 Å². The Hall–Kier alpha value is -2.28. The van der Waals surface area contributed by atoms with Crippen molar-refractivity contribution in [2.24, 2.45) is 0 Å². The molecule has 0 aromatic heterocycles. The molecule has 0 radical (unpaired) electrons. The van der Waals surface area contributed by atoms with Crippen LogP contribution in [0, 0.1) is 0 Å². The van der Waals surface area contributed by atoms with Crippen molar-refractivity contribution < 1.29 is 14.7 Å². The molecule has 7 nitrogen and oxygen atoms in total. The van der Waals surface area contributed by atoms with Crippen LogP contribution in [0.15, 0.2) is 24.3 Å². The maximum atomic E-state index is 12.1. The van der Waals surface area contributed by atoms with Crippen molar-refractivity contribution in [1.82, 2.24) is 15.5 Å². The summed E-state index contributed by atoms with van der Waals surface area (Å²) in [6.45, 7) is 6.35. The van der Waals surface area contributed by atoms with Gasteiger partial charge in [0.1, 0.15) is 0 Å². The number of carbonyl (C=O) groups excluding carboxylic acids is 1. The Morgan fingerprint density at radius 1 is 1.30 bits per heavy atom. The molecule has 1 aromatic carbocycles. The Labute approximate surface area is 160 Å². The van der Waals surface area contributed by atoms with E-state index in [1.54, 1.807) is 0 Å². The second-order valence-electron chi connectivity index (χ2n) is 7.55. The third-order valence-electron chi connectivity index (χ3n) is 5.70. The standard InChI is InChI=1S/C20H30N4O3/c1-3-23(13-19(25)26)17-11-16(12-17)22-20(27)21-8-9-24-14(2)10-15-6-4-5-7-18(15)24/h4-7,14,16-17H,3,8-13H2,1-2H3,(H,25,26)(H2,21,22,27). The Morgan fingerprint density at radius 2 is 2.04 bits per heavy atom. The summed E-state index contributed by atoms with van der Waals surface area (Å²) in [6.07, 6.45) is 2.67. The lowest BCUT2D eigenvalue weighted by Crippen LogP contribution is -2.56. The summed E-state index contributed by atoms with van der Waals surface area (Å²) in [5.74, 6) is -0.802. The van der Waals surface area contributed by atoms with Gasteiger partial charge in [0.05, 0.1) is 6.54 Å². The maximum Gasteiger partial charge on any atom is 0.317 e. The van der Waals surface area contributed by atoms with Gasteiger partial charge in [-0.25, -0.2) is 4.79 Å². The highest BCUT2D eigenvalue weighted by atomic mass is 16.4. The van der Waals surface area contributed by atoms with Gasteiger partial charge in [0.2, 0.25) is 0 Å². The zero-order valence-electron chi connectivity index (χ0n) is 16.1. The molecule has 1 heterocycles. The van der Waals surface area contributed by atoms with Crippen LogP contribution in [0.4, 0.5) is 10.5 Å². The first kappa shape index (κ1) is 19.5. The first-order valence-corrected chi connectivity index (χ1v) is 9.82. The number of likely N-dealkylation sites (N-methyl/N-ethyl adjacent to an activating group) is 1. The van der Waals surface area contributed by atoms with E-state index in [0.29, 0.717) is 19.1 Å². The monoisotopic (exact) mass is 374 g/mol. The van der Waals surface area contributed by atoms with Crippen molar-refractivity contribution in [1.29, 1.82) is 0 Å². The lowest BCUT2D eigenvalue weighted by molar-refractivity contribution is -0.139. The van der Waals surface area contributed by atoms with Gasteiger partial charge < -0.3 is 20.6 Å². The molecule has 1 fully saturated rings. The highest BCUT2D eigenvalue weighted by Gasteiger charge is 2.34. The predicted octanol–water partition coefficient (Wildman–Crippen LogP) is 1.67. The van der Waals surface area contributed by atoms with Crippen LogP contribution < -0.4 is 15.5 Å². The molecule has 1 atom stereocenters. The fourth-order valence-corrected chi connectivity index (χ4v) is 4.17. The van der Waals surface area contributed by atoms with E-state index in [9.17, 15) is 9.59 Å². The smallest absolute Gasteiger partial charge is 0.317 e. The first-order chi connectivity index (χ1) is 13.0. The third kappa shape index (κ3) is 4.71. The van der Waals surface area contributed by atoms with Crippen molar-refractivity contribution in [3.05, 3.63) is 29.8 Å². The number of carboxylic acid groups (broad SMARTS) is 1. The quantitative estimate of drug-likeness (QED) is 0.645. The third-order valence-corrected chi connectivity index (χ3v) is 5.70. The predicted molar refractivity (Wildman–Crippen MR) is 105 cm³/mol. The number of rotatable bonds is 8. The minimum atomic E-state index is -0.802. The molecule has 2 amide bonds. The summed E-state index contributed by atoms with van der Waals surface area (Å²) in [7, 11) is 0. The molecule has 0 saturated heterocycles. The van der Waals surface area contributed by atoms with Crippen LogP contribution in [0.1, 0.15) is 32.3 Å². The number of hydrogen-bond acceptors (Lipinski definition) is 4. The van der Waals surface area contributed by atoms with Gasteiger partial charge in [-0.1, -0.05) is 25.1 Å². The van der Waals surface area contributed by atoms with Gasteiger partial charge >= 0.3 is 12.0 Å². The number of anilines is 1. The van der Waals surface area contributed by atoms with E-state index >= 15 is 0 Å². The maximum absolute atomic E-state index is 12.1. The van der Waals surface area contributed by atoms with Crippen molar-refractivity contribution in [2.45, 2.75) is 51.2 Å². The number of amides is 2. The van der Waals surface area contributed by atoms with Gasteiger partial charge in [0.15, 0.2) is 0 Å². The number of benzene rings is 1. The summed E-state index contributed by atoms with van der Waals surface area (Å²) < 4.78 is 0. The summed E-state index contributed by atoms with van der Waals surface area (Å²) in [5.41, 5.74) is 2.64. The molecule has 2 aliphatic rings. The van der Waals surface area contributed by atoms with E-state index < -0.39 is 5.97 Å². The molecule has 0 spiro atoms. The molecule has 1 aliphatic carbocycles. The van der Waals surface area contributed by atoms with Gasteiger partial charge in [-0.15, -0.1) is 0 Å². The molecule has 27 heavy (non-hydrogen) atoms. The topological polar surface area (TPSA) is 84.9 Å². The minimum absolute atomic E-state index is 0.0651. The number of fused-ring (bicyclic) bond motifs is 1. The summed E-state index contributed by atoms with van der Waals surface area (Å²) in [5, 5.41) is 14.9. The number of urea groups is 1. The van der Waals surface area contributed by atoms with Gasteiger partial charge in [0, 0.05) is 36.9 Å². The normalized spacial score (nSPS) is 23.7. The number of nitrogens with one attached hydrogen (secondary N) is 2. The van der Waals surface area contributed by atoms with Crippen LogP contribution in [-0.4, -0.2) is 66.3 Å². The Bertz CT molecular complexity index is 675. The summed E-state index contributed by atoms with van der Waals surface area (Å²) >= 11 is 0. The molecule has 148 valence electrons. The fourth-order valence-electron chi connectivity index (χ4n) is 4.17. The van der Waals surface area contributed by atoms with E-state index in [-0.39, 0.29) is 24.7 Å². The largest absolute Gasteiger partial charge is 0.480 e. The van der Waals surface area contributed by atoms with Crippen LogP contribution in [0.5, 0.6) is 0 Å². The molecule has 1 aromatic rings. The van der Waals surface area contributed by atoms with Crippen molar-refractivity contribution >= 4 is 17.7 Å². The number of carbonyl (C=O) groups is 2. The zero-order chi connectivity index (χ0) is 19.4. The Morgan fingerprint density at radius 3 is 2.74 bits per heavy atom. The highest BCUT2D eigenvalue weighted by Crippen LogP contribution is 2.31. The molecular weight excluding hydrogens is 344 g/mol. The number of para-hydroxylation sites is 1. The second-order valence-corrected chi connectivity index (χ2v) is 7.55. The second kappa shape index (κ2) is 8.61. The average molecular weight is 374 g/mol. The van der Waals surface area contributed by atoms with Crippen molar-refractivity contribution in [2.75, 3.05) is 31.1 Å². The van der Waals surface area contributed by atoms with Crippen LogP contribution in [-0.2, 0) is 11.2 Å². The van der Waals surface area contributed by atoms with E-state index in [1.807, 2.05) is 11.8 Å². The molecule has 1 unspecified atom stereocenters. The van der Waals surface area contributed by atoms with E-state index in [0.717, 1.165) is 25.8 Å². The van der Waals surface area contributed by atoms with E-state index in [1.165, 1.54) is 11.3 Å². The van der Waals surface area contributed by atoms with Gasteiger partial charge in [0.25, 0.3) is 0 Å². The lowest BCUT2D eigenvalue weighted by atomic mass is 9.85. The Kier molecular flexibility index (Phi) is 6.21. The number of hydrogen-bond donors (Lipinski definition) is 3. The summed E-state index contributed by atoms with van der Waals surface area (Å²) in [6, 6.07) is 9.13. The molecule has 3 rings (SSSR count). The van der Waals surface area contributed by atoms with Crippen LogP contribution in [0.3, 0.4) is 0 Å². The number of aliphatic carboxylic acids is 1. The first-order valence-electron chi connectivity index (χ1n) is 9.82. The van der Waals surface area contributed by atoms with Gasteiger partial charge in [-0.2, -0.15) is 0 Å². The lowest BCUT2D eigenvalue weighted by Gasteiger charge is -2.42. The molecular formula is C20H30N4O3. The molecule has 1 aliphatic heterocycles. The van der Waals surface area contributed by atoms with Crippen LogP contribution in [0.2, 0.25) is 0 Å². The summed E-state index contributed by atoms with van der Waals surface area (Å²) in [4.78, 5) is 27.3. The average Bonchev–Trinajstić information content (AvgIpc) is 2.91. The SMILES string of the molecule is CCN(CC(=O)O)C1CC(NC(=O)NCCN2c3ccccc3CC2C)C1.